The molecule has 0 heterocycles. The topological polar surface area (TPSA) is 38.0 Å². The summed E-state index contributed by atoms with van der Waals surface area (Å²) in [6, 6.07) is 3.86. The minimum Gasteiger partial charge on any atom is -0.399 e. The van der Waals surface area contributed by atoms with Crippen molar-refractivity contribution >= 4 is 34.6 Å². The van der Waals surface area contributed by atoms with Gasteiger partial charge < -0.3 is 11.1 Å². The Kier molecular flexibility index (Phi) is 3.50. The number of nitrogens with one attached hydrogen (secondary N) is 1. The van der Waals surface area contributed by atoms with Crippen LogP contribution in [-0.4, -0.2) is 6.04 Å². The maximum atomic E-state index is 6.12. The van der Waals surface area contributed by atoms with E-state index in [1.165, 1.54) is 19.3 Å². The summed E-state index contributed by atoms with van der Waals surface area (Å²) in [5.74, 6) is 0.740. The van der Waals surface area contributed by atoms with Gasteiger partial charge in [-0.15, -0.1) is 0 Å². The summed E-state index contributed by atoms with van der Waals surface area (Å²) in [6.07, 6.45) is 3.91. The summed E-state index contributed by atoms with van der Waals surface area (Å²) >= 11 is 12.2. The van der Waals surface area contributed by atoms with Crippen LogP contribution in [0.4, 0.5) is 11.4 Å². The van der Waals surface area contributed by atoms with E-state index in [1.54, 1.807) is 12.1 Å². The number of anilines is 2. The zero-order valence-electron chi connectivity index (χ0n) is 9.26. The smallest absolute Gasteiger partial charge is 0.0722 e. The van der Waals surface area contributed by atoms with E-state index in [0.717, 1.165) is 11.6 Å². The van der Waals surface area contributed by atoms with Gasteiger partial charge >= 0.3 is 0 Å². The molecular weight excluding hydrogens is 243 g/mol. The van der Waals surface area contributed by atoms with Crippen molar-refractivity contribution in [3.05, 3.63) is 22.2 Å². The fourth-order valence-corrected chi connectivity index (χ4v) is 2.63. The van der Waals surface area contributed by atoms with Crippen LogP contribution in [0, 0.1) is 5.92 Å². The van der Waals surface area contributed by atoms with Crippen LogP contribution in [0.5, 0.6) is 0 Å². The maximum Gasteiger partial charge on any atom is 0.0722 e. The molecule has 1 aromatic rings. The normalized spacial score (nSPS) is 17.9. The molecule has 16 heavy (non-hydrogen) atoms. The lowest BCUT2D eigenvalue weighted by molar-refractivity contribution is 0.285. The molecule has 0 aliphatic heterocycles. The van der Waals surface area contributed by atoms with Crippen LogP contribution in [0.3, 0.4) is 0 Å². The predicted octanol–water partition coefficient (Wildman–Crippen LogP) is 4.18. The molecule has 0 spiro atoms. The van der Waals surface area contributed by atoms with E-state index in [2.05, 4.69) is 12.2 Å². The molecule has 1 atom stereocenters. The highest BCUT2D eigenvalue weighted by molar-refractivity contribution is 6.39. The number of hydrogen-bond acceptors (Lipinski definition) is 2. The Balaban J connectivity index is 2.13. The lowest BCUT2D eigenvalue weighted by atomic mass is 9.80. The maximum absolute atomic E-state index is 6.12. The van der Waals surface area contributed by atoms with Crippen LogP contribution >= 0.6 is 23.2 Å². The highest BCUT2D eigenvalue weighted by Crippen LogP contribution is 2.36. The second kappa shape index (κ2) is 4.72. The molecular formula is C12H16Cl2N2. The molecule has 88 valence electrons. The summed E-state index contributed by atoms with van der Waals surface area (Å²) in [6.45, 7) is 2.17. The van der Waals surface area contributed by atoms with Crippen molar-refractivity contribution < 1.29 is 0 Å². The zero-order chi connectivity index (χ0) is 11.7. The van der Waals surface area contributed by atoms with Gasteiger partial charge in [-0.25, -0.2) is 0 Å². The lowest BCUT2D eigenvalue weighted by Crippen LogP contribution is -2.31. The van der Waals surface area contributed by atoms with Gasteiger partial charge in [-0.05, 0) is 37.8 Å². The van der Waals surface area contributed by atoms with Crippen LogP contribution in [0.15, 0.2) is 12.1 Å². The Morgan fingerprint density at radius 1 is 1.31 bits per heavy atom. The van der Waals surface area contributed by atoms with Crippen LogP contribution in [0.1, 0.15) is 26.2 Å². The fourth-order valence-electron chi connectivity index (χ4n) is 2.02. The lowest BCUT2D eigenvalue weighted by Gasteiger charge is -2.33. The molecule has 1 aliphatic rings. The van der Waals surface area contributed by atoms with Crippen LogP contribution in [0.25, 0.3) is 0 Å². The molecule has 2 rings (SSSR count). The molecule has 0 radical (unpaired) electrons. The summed E-state index contributed by atoms with van der Waals surface area (Å²) < 4.78 is 0. The molecule has 1 unspecified atom stereocenters. The first-order chi connectivity index (χ1) is 7.58. The van der Waals surface area contributed by atoms with Crippen molar-refractivity contribution in [1.82, 2.24) is 0 Å². The molecule has 3 N–H and O–H groups in total. The van der Waals surface area contributed by atoms with Crippen molar-refractivity contribution in [3.63, 3.8) is 0 Å². The highest BCUT2D eigenvalue weighted by atomic mass is 35.5. The molecule has 0 amide bonds. The minimum atomic E-state index is 0.410. The monoisotopic (exact) mass is 258 g/mol. The molecule has 2 nitrogen and oxygen atoms in total. The molecule has 0 bridgehead atoms. The fraction of sp³-hybridized carbons (Fsp3) is 0.500. The minimum absolute atomic E-state index is 0.410. The van der Waals surface area contributed by atoms with E-state index in [-0.39, 0.29) is 0 Å². The molecule has 1 fully saturated rings. The van der Waals surface area contributed by atoms with Crippen LogP contribution in [0.2, 0.25) is 10.0 Å². The van der Waals surface area contributed by atoms with Gasteiger partial charge in [0.1, 0.15) is 0 Å². The van der Waals surface area contributed by atoms with E-state index < -0.39 is 0 Å². The third-order valence-corrected chi connectivity index (χ3v) is 3.89. The van der Waals surface area contributed by atoms with Crippen molar-refractivity contribution in [2.24, 2.45) is 5.92 Å². The first kappa shape index (κ1) is 11.9. The quantitative estimate of drug-likeness (QED) is 0.799. The van der Waals surface area contributed by atoms with E-state index >= 15 is 0 Å². The van der Waals surface area contributed by atoms with Gasteiger partial charge in [0, 0.05) is 11.7 Å². The van der Waals surface area contributed by atoms with Gasteiger partial charge in [0.2, 0.25) is 0 Å². The predicted molar refractivity (Wildman–Crippen MR) is 71.3 cm³/mol. The molecule has 4 heteroatoms. The zero-order valence-corrected chi connectivity index (χ0v) is 10.8. The highest BCUT2D eigenvalue weighted by Gasteiger charge is 2.24. The largest absolute Gasteiger partial charge is 0.399 e. The second-order valence-electron chi connectivity index (χ2n) is 4.48. The molecule has 1 aromatic carbocycles. The van der Waals surface area contributed by atoms with Gasteiger partial charge in [-0.1, -0.05) is 29.6 Å². The number of nitrogen functional groups attached to an aromatic ring is 1. The number of rotatable bonds is 3. The van der Waals surface area contributed by atoms with Crippen LogP contribution < -0.4 is 11.1 Å². The Morgan fingerprint density at radius 3 is 2.31 bits per heavy atom. The Bertz CT molecular complexity index is 366. The molecule has 1 aliphatic carbocycles. The van der Waals surface area contributed by atoms with Gasteiger partial charge in [0.05, 0.1) is 15.7 Å². The van der Waals surface area contributed by atoms with Crippen molar-refractivity contribution in [1.29, 1.82) is 0 Å². The van der Waals surface area contributed by atoms with Crippen molar-refractivity contribution in [3.8, 4) is 0 Å². The second-order valence-corrected chi connectivity index (χ2v) is 5.30. The summed E-state index contributed by atoms with van der Waals surface area (Å²) in [5.41, 5.74) is 7.06. The van der Waals surface area contributed by atoms with Crippen molar-refractivity contribution in [2.45, 2.75) is 32.2 Å². The summed E-state index contributed by atoms with van der Waals surface area (Å²) in [7, 11) is 0. The average molecular weight is 259 g/mol. The third kappa shape index (κ3) is 2.38. The van der Waals surface area contributed by atoms with Gasteiger partial charge in [0.25, 0.3) is 0 Å². The number of hydrogen-bond donors (Lipinski definition) is 2. The average Bonchev–Trinajstić information content (AvgIpc) is 2.08. The number of benzene rings is 1. The van der Waals surface area contributed by atoms with Gasteiger partial charge in [-0.2, -0.15) is 0 Å². The van der Waals surface area contributed by atoms with Gasteiger partial charge in [-0.3, -0.25) is 0 Å². The SMILES string of the molecule is CC(Nc1c(Cl)cc(N)cc1Cl)C1CCC1. The molecule has 0 saturated heterocycles. The Hall–Kier alpha value is -0.600. The Morgan fingerprint density at radius 2 is 1.88 bits per heavy atom. The van der Waals surface area contributed by atoms with E-state index in [4.69, 9.17) is 28.9 Å². The number of nitrogens with two attached hydrogens (primary N) is 1. The standard InChI is InChI=1S/C12H16Cl2N2/c1-7(8-3-2-4-8)16-12-10(13)5-9(15)6-11(12)14/h5-8,16H,2-4,15H2,1H3. The first-order valence-electron chi connectivity index (χ1n) is 5.59. The molecule has 0 aromatic heterocycles. The number of halogens is 2. The third-order valence-electron chi connectivity index (χ3n) is 3.29. The summed E-state index contributed by atoms with van der Waals surface area (Å²) in [4.78, 5) is 0. The van der Waals surface area contributed by atoms with E-state index in [9.17, 15) is 0 Å². The first-order valence-corrected chi connectivity index (χ1v) is 6.34. The Labute approximate surface area is 106 Å². The summed E-state index contributed by atoms with van der Waals surface area (Å²) in [5, 5.41) is 4.58. The van der Waals surface area contributed by atoms with E-state index in [0.29, 0.717) is 21.8 Å². The van der Waals surface area contributed by atoms with E-state index in [1.807, 2.05) is 0 Å². The van der Waals surface area contributed by atoms with Crippen molar-refractivity contribution in [2.75, 3.05) is 11.1 Å². The van der Waals surface area contributed by atoms with Crippen LogP contribution in [-0.2, 0) is 0 Å². The van der Waals surface area contributed by atoms with Gasteiger partial charge in [0.15, 0.2) is 0 Å². The molecule has 1 saturated carbocycles.